The number of rotatable bonds is 6. The maximum Gasteiger partial charge on any atom is 0.184 e. The molecular weight excluding hydrogens is 294 g/mol. The van der Waals surface area contributed by atoms with E-state index in [1.165, 1.54) is 16.2 Å². The van der Waals surface area contributed by atoms with Crippen molar-refractivity contribution in [3.05, 3.63) is 33.6 Å². The zero-order valence-corrected chi connectivity index (χ0v) is 13.2. The fourth-order valence-corrected chi connectivity index (χ4v) is 3.34. The van der Waals surface area contributed by atoms with E-state index < -0.39 is 0 Å². The highest BCUT2D eigenvalue weighted by atomic mass is 35.5. The summed E-state index contributed by atoms with van der Waals surface area (Å²) < 4.78 is 6.00. The van der Waals surface area contributed by atoms with E-state index in [1.54, 1.807) is 0 Å². The van der Waals surface area contributed by atoms with E-state index in [9.17, 15) is 0 Å². The van der Waals surface area contributed by atoms with Gasteiger partial charge in [-0.3, -0.25) is 0 Å². The Labute approximate surface area is 128 Å². The standard InChI is InChI=1S/C15H18ClNO2S/c1-10(2)8-13-14(17-15(16)20-13)11-4-3-5-12(9-11)19-7-6-18/h3-5,9-10,18H,6-8H2,1-2H3. The van der Waals surface area contributed by atoms with Gasteiger partial charge in [-0.05, 0) is 24.5 Å². The first-order valence-electron chi connectivity index (χ1n) is 6.59. The van der Waals surface area contributed by atoms with Gasteiger partial charge in [-0.15, -0.1) is 11.3 Å². The summed E-state index contributed by atoms with van der Waals surface area (Å²) in [6, 6.07) is 7.73. The first kappa shape index (κ1) is 15.3. The SMILES string of the molecule is CC(C)Cc1sc(Cl)nc1-c1cccc(OCCO)c1. The van der Waals surface area contributed by atoms with Crippen molar-refractivity contribution in [2.45, 2.75) is 20.3 Å². The number of benzene rings is 1. The molecule has 0 aliphatic carbocycles. The smallest absolute Gasteiger partial charge is 0.184 e. The molecule has 5 heteroatoms. The number of thiazole rings is 1. The lowest BCUT2D eigenvalue weighted by Crippen LogP contribution is -2.01. The molecule has 0 aliphatic heterocycles. The molecule has 0 spiro atoms. The van der Waals surface area contributed by atoms with Crippen LogP contribution in [0.2, 0.25) is 4.47 Å². The zero-order valence-electron chi connectivity index (χ0n) is 11.6. The van der Waals surface area contributed by atoms with Crippen LogP contribution < -0.4 is 4.74 Å². The second kappa shape index (κ2) is 7.07. The van der Waals surface area contributed by atoms with Crippen LogP contribution in [0.25, 0.3) is 11.3 Å². The van der Waals surface area contributed by atoms with Gasteiger partial charge in [-0.1, -0.05) is 37.6 Å². The van der Waals surface area contributed by atoms with E-state index in [1.807, 2.05) is 24.3 Å². The Balaban J connectivity index is 2.30. The van der Waals surface area contributed by atoms with Gasteiger partial charge in [-0.25, -0.2) is 4.98 Å². The molecule has 2 rings (SSSR count). The number of ether oxygens (including phenoxy) is 1. The third-order valence-electron chi connectivity index (χ3n) is 2.73. The molecule has 1 heterocycles. The van der Waals surface area contributed by atoms with Crippen molar-refractivity contribution in [2.75, 3.05) is 13.2 Å². The van der Waals surface area contributed by atoms with Crippen molar-refractivity contribution in [3.8, 4) is 17.0 Å². The topological polar surface area (TPSA) is 42.4 Å². The monoisotopic (exact) mass is 311 g/mol. The Morgan fingerprint density at radius 2 is 2.20 bits per heavy atom. The van der Waals surface area contributed by atoms with Gasteiger partial charge in [0.05, 0.1) is 12.3 Å². The van der Waals surface area contributed by atoms with Crippen molar-refractivity contribution in [1.29, 1.82) is 0 Å². The molecule has 0 fully saturated rings. The van der Waals surface area contributed by atoms with Gasteiger partial charge in [0.15, 0.2) is 4.47 Å². The third kappa shape index (κ3) is 3.95. The Bertz CT molecular complexity index is 569. The van der Waals surface area contributed by atoms with Crippen LogP contribution in [0.3, 0.4) is 0 Å². The van der Waals surface area contributed by atoms with E-state index in [-0.39, 0.29) is 6.61 Å². The predicted molar refractivity (Wildman–Crippen MR) is 83.7 cm³/mol. The fourth-order valence-electron chi connectivity index (χ4n) is 1.95. The maximum absolute atomic E-state index is 8.81. The molecule has 108 valence electrons. The highest BCUT2D eigenvalue weighted by molar-refractivity contribution is 7.16. The molecule has 0 saturated carbocycles. The first-order valence-corrected chi connectivity index (χ1v) is 7.79. The number of halogens is 1. The number of nitrogens with zero attached hydrogens (tertiary/aromatic N) is 1. The second-order valence-corrected chi connectivity index (χ2v) is 6.60. The molecule has 0 saturated heterocycles. The lowest BCUT2D eigenvalue weighted by atomic mass is 10.0. The van der Waals surface area contributed by atoms with Crippen molar-refractivity contribution in [3.63, 3.8) is 0 Å². The summed E-state index contributed by atoms with van der Waals surface area (Å²) in [5.74, 6) is 1.29. The Kier molecular flexibility index (Phi) is 5.40. The highest BCUT2D eigenvalue weighted by Crippen LogP contribution is 2.33. The van der Waals surface area contributed by atoms with E-state index >= 15 is 0 Å². The molecule has 0 amide bonds. The van der Waals surface area contributed by atoms with Crippen molar-refractivity contribution < 1.29 is 9.84 Å². The quantitative estimate of drug-likeness (QED) is 0.875. The second-order valence-electron chi connectivity index (χ2n) is 4.94. The summed E-state index contributed by atoms with van der Waals surface area (Å²) in [7, 11) is 0. The van der Waals surface area contributed by atoms with Crippen LogP contribution in [0.4, 0.5) is 0 Å². The minimum atomic E-state index is 0.00531. The van der Waals surface area contributed by atoms with Crippen LogP contribution in [0.15, 0.2) is 24.3 Å². The number of hydrogen-bond acceptors (Lipinski definition) is 4. The van der Waals surface area contributed by atoms with Crippen molar-refractivity contribution in [1.82, 2.24) is 4.98 Å². The van der Waals surface area contributed by atoms with E-state index in [0.717, 1.165) is 23.4 Å². The van der Waals surface area contributed by atoms with Crippen LogP contribution in [0.1, 0.15) is 18.7 Å². The van der Waals surface area contributed by atoms with Gasteiger partial charge < -0.3 is 9.84 Å². The van der Waals surface area contributed by atoms with E-state index in [2.05, 4.69) is 18.8 Å². The average molecular weight is 312 g/mol. The minimum Gasteiger partial charge on any atom is -0.491 e. The summed E-state index contributed by atoms with van der Waals surface area (Å²) in [6.07, 6.45) is 0.960. The molecule has 3 nitrogen and oxygen atoms in total. The predicted octanol–water partition coefficient (Wildman–Crippen LogP) is 4.03. The normalized spacial score (nSPS) is 11.1. The highest BCUT2D eigenvalue weighted by Gasteiger charge is 2.14. The molecule has 2 aromatic rings. The van der Waals surface area contributed by atoms with Gasteiger partial charge in [0, 0.05) is 10.4 Å². The molecular formula is C15H18ClNO2S. The molecule has 1 aromatic carbocycles. The number of aliphatic hydroxyl groups is 1. The average Bonchev–Trinajstić information content (AvgIpc) is 2.76. The van der Waals surface area contributed by atoms with Crippen molar-refractivity contribution >= 4 is 22.9 Å². The summed E-state index contributed by atoms with van der Waals surface area (Å²) in [5, 5.41) is 8.81. The lowest BCUT2D eigenvalue weighted by Gasteiger charge is -2.08. The Hall–Kier alpha value is -1.10. The molecule has 0 aliphatic rings. The largest absolute Gasteiger partial charge is 0.491 e. The molecule has 1 aromatic heterocycles. The van der Waals surface area contributed by atoms with Crippen molar-refractivity contribution in [2.24, 2.45) is 5.92 Å². The van der Waals surface area contributed by atoms with E-state index in [4.69, 9.17) is 21.4 Å². The van der Waals surface area contributed by atoms with Gasteiger partial charge >= 0.3 is 0 Å². The summed E-state index contributed by atoms with van der Waals surface area (Å²) in [6.45, 7) is 4.65. The zero-order chi connectivity index (χ0) is 14.5. The van der Waals surface area contributed by atoms with Crippen LogP contribution in [0.5, 0.6) is 5.75 Å². The molecule has 0 unspecified atom stereocenters. The van der Waals surface area contributed by atoms with E-state index in [0.29, 0.717) is 17.0 Å². The summed E-state index contributed by atoms with van der Waals surface area (Å²) in [4.78, 5) is 5.63. The number of aliphatic hydroxyl groups excluding tert-OH is 1. The van der Waals surface area contributed by atoms with Gasteiger partial charge in [0.1, 0.15) is 12.4 Å². The van der Waals surface area contributed by atoms with Crippen LogP contribution in [0, 0.1) is 5.92 Å². The first-order chi connectivity index (χ1) is 9.60. The maximum atomic E-state index is 8.81. The molecule has 0 radical (unpaired) electrons. The summed E-state index contributed by atoms with van der Waals surface area (Å²) >= 11 is 7.60. The van der Waals surface area contributed by atoms with Gasteiger partial charge in [0.25, 0.3) is 0 Å². The fraction of sp³-hybridized carbons (Fsp3) is 0.400. The van der Waals surface area contributed by atoms with Gasteiger partial charge in [-0.2, -0.15) is 0 Å². The number of hydrogen-bond donors (Lipinski definition) is 1. The minimum absolute atomic E-state index is 0.00531. The Morgan fingerprint density at radius 3 is 2.90 bits per heavy atom. The molecule has 20 heavy (non-hydrogen) atoms. The lowest BCUT2D eigenvalue weighted by molar-refractivity contribution is 0.201. The third-order valence-corrected chi connectivity index (χ3v) is 3.91. The molecule has 0 bridgehead atoms. The van der Waals surface area contributed by atoms with Gasteiger partial charge in [0.2, 0.25) is 0 Å². The van der Waals surface area contributed by atoms with Crippen LogP contribution >= 0.6 is 22.9 Å². The summed E-state index contributed by atoms with van der Waals surface area (Å²) in [5.41, 5.74) is 1.93. The van der Waals surface area contributed by atoms with Crippen LogP contribution in [-0.4, -0.2) is 23.3 Å². The molecule has 0 atom stereocenters. The van der Waals surface area contributed by atoms with Crippen LogP contribution in [-0.2, 0) is 6.42 Å². The molecule has 1 N–H and O–H groups in total. The Morgan fingerprint density at radius 1 is 1.40 bits per heavy atom. The number of aromatic nitrogens is 1.